The van der Waals surface area contributed by atoms with E-state index in [1.165, 1.54) is 17.0 Å². The van der Waals surface area contributed by atoms with Crippen LogP contribution in [0.2, 0.25) is 0 Å². The molecule has 1 saturated heterocycles. The average molecular weight is 313 g/mol. The molecule has 1 heterocycles. The molecule has 0 aromatic heterocycles. The minimum Gasteiger partial charge on any atom is -0.480 e. The molecule has 120 valence electrons. The summed E-state index contributed by atoms with van der Waals surface area (Å²) in [5.41, 5.74) is 1.11. The van der Waals surface area contributed by atoms with Crippen LogP contribution in [-0.4, -0.2) is 41.1 Å². The minimum absolute atomic E-state index is 0.0442. The Bertz CT molecular complexity index is 580. The molecule has 1 aromatic rings. The Labute approximate surface area is 126 Å². The molecule has 1 N–H and O–H groups in total. The van der Waals surface area contributed by atoms with Crippen LogP contribution in [0.1, 0.15) is 34.3 Å². The molecule has 1 fully saturated rings. The van der Waals surface area contributed by atoms with Gasteiger partial charge in [0.1, 0.15) is 11.8 Å². The highest BCUT2D eigenvalue weighted by molar-refractivity contribution is 5.97. The first-order valence-corrected chi connectivity index (χ1v) is 6.91. The zero-order chi connectivity index (χ0) is 16.4. The van der Waals surface area contributed by atoms with Crippen molar-refractivity contribution in [3.8, 4) is 5.75 Å². The van der Waals surface area contributed by atoms with Gasteiger partial charge in [0.05, 0.1) is 0 Å². The topological polar surface area (TPSA) is 66.8 Å². The Kier molecular flexibility index (Phi) is 4.63. The summed E-state index contributed by atoms with van der Waals surface area (Å²) in [4.78, 5) is 24.9. The molecule has 5 nitrogen and oxygen atoms in total. The molecular weight excluding hydrogens is 296 g/mol. The summed E-state index contributed by atoms with van der Waals surface area (Å²) in [5.74, 6) is -1.39. The van der Waals surface area contributed by atoms with Gasteiger partial charge in [0.2, 0.25) is 0 Å². The average Bonchev–Trinajstić information content (AvgIpc) is 2.91. The van der Waals surface area contributed by atoms with Gasteiger partial charge in [0, 0.05) is 12.1 Å². The van der Waals surface area contributed by atoms with E-state index in [1.54, 1.807) is 13.8 Å². The second kappa shape index (κ2) is 6.29. The van der Waals surface area contributed by atoms with Crippen molar-refractivity contribution in [2.75, 3.05) is 6.54 Å². The molecule has 2 rings (SSSR count). The van der Waals surface area contributed by atoms with Gasteiger partial charge in [-0.1, -0.05) is 0 Å². The van der Waals surface area contributed by atoms with Crippen LogP contribution in [0.15, 0.2) is 12.1 Å². The number of aryl methyl sites for hydroxylation is 2. The number of carbonyl (C=O) groups is 2. The lowest BCUT2D eigenvalue weighted by molar-refractivity contribution is -0.141. The maximum Gasteiger partial charge on any atom is 0.387 e. The van der Waals surface area contributed by atoms with Crippen LogP contribution in [0, 0.1) is 13.8 Å². The largest absolute Gasteiger partial charge is 0.480 e. The van der Waals surface area contributed by atoms with Crippen molar-refractivity contribution in [2.24, 2.45) is 0 Å². The standard InChI is InChI=1S/C15H17F2NO4/c1-8-6-10(7-9(2)12(8)22-15(16)17)13(19)18-5-3-4-11(18)14(20)21/h6-7,11,15H,3-5H2,1-2H3,(H,20,21)/t11-/m0/s1. The lowest BCUT2D eigenvalue weighted by atomic mass is 10.0. The quantitative estimate of drug-likeness (QED) is 0.928. The number of halogens is 2. The van der Waals surface area contributed by atoms with E-state index in [1.807, 2.05) is 0 Å². The normalized spacial score (nSPS) is 17.9. The number of nitrogens with zero attached hydrogens (tertiary/aromatic N) is 1. The van der Waals surface area contributed by atoms with Gasteiger partial charge in [-0.25, -0.2) is 4.79 Å². The van der Waals surface area contributed by atoms with Gasteiger partial charge >= 0.3 is 12.6 Å². The van der Waals surface area contributed by atoms with Crippen LogP contribution in [0.25, 0.3) is 0 Å². The molecule has 7 heteroatoms. The van der Waals surface area contributed by atoms with E-state index in [0.29, 0.717) is 30.5 Å². The van der Waals surface area contributed by atoms with E-state index in [9.17, 15) is 18.4 Å². The lowest BCUT2D eigenvalue weighted by Gasteiger charge is -2.22. The molecule has 0 spiro atoms. The van der Waals surface area contributed by atoms with Crippen LogP contribution in [-0.2, 0) is 4.79 Å². The summed E-state index contributed by atoms with van der Waals surface area (Å²) < 4.78 is 29.2. The Balaban J connectivity index is 2.29. The van der Waals surface area contributed by atoms with Crippen LogP contribution >= 0.6 is 0 Å². The second-order valence-corrected chi connectivity index (χ2v) is 5.31. The molecule has 1 aromatic carbocycles. The van der Waals surface area contributed by atoms with Crippen LogP contribution in [0.4, 0.5) is 8.78 Å². The maximum absolute atomic E-state index is 12.5. The number of likely N-dealkylation sites (tertiary alicyclic amines) is 1. The third-order valence-corrected chi connectivity index (χ3v) is 3.71. The molecule has 0 unspecified atom stereocenters. The fourth-order valence-corrected chi connectivity index (χ4v) is 2.78. The Hall–Kier alpha value is -2.18. The number of carbonyl (C=O) groups excluding carboxylic acids is 1. The highest BCUT2D eigenvalue weighted by Gasteiger charge is 2.34. The Morgan fingerprint density at radius 1 is 1.32 bits per heavy atom. The Morgan fingerprint density at radius 2 is 1.91 bits per heavy atom. The van der Waals surface area contributed by atoms with Gasteiger partial charge in [-0.15, -0.1) is 0 Å². The van der Waals surface area contributed by atoms with Crippen molar-refractivity contribution in [3.05, 3.63) is 28.8 Å². The lowest BCUT2D eigenvalue weighted by Crippen LogP contribution is -2.40. The number of benzene rings is 1. The van der Waals surface area contributed by atoms with Gasteiger partial charge in [-0.2, -0.15) is 8.78 Å². The van der Waals surface area contributed by atoms with Crippen molar-refractivity contribution in [1.29, 1.82) is 0 Å². The third-order valence-electron chi connectivity index (χ3n) is 3.71. The number of aliphatic carboxylic acids is 1. The summed E-state index contributed by atoms with van der Waals surface area (Å²) in [5, 5.41) is 9.13. The van der Waals surface area contributed by atoms with Crippen molar-refractivity contribution >= 4 is 11.9 Å². The smallest absolute Gasteiger partial charge is 0.387 e. The van der Waals surface area contributed by atoms with Crippen LogP contribution in [0.5, 0.6) is 5.75 Å². The number of carboxylic acids is 1. The summed E-state index contributed by atoms with van der Waals surface area (Å²) >= 11 is 0. The van der Waals surface area contributed by atoms with E-state index in [0.717, 1.165) is 0 Å². The van der Waals surface area contributed by atoms with Gasteiger partial charge in [-0.05, 0) is 49.9 Å². The highest BCUT2D eigenvalue weighted by atomic mass is 19.3. The van der Waals surface area contributed by atoms with Crippen molar-refractivity contribution < 1.29 is 28.2 Å². The fraction of sp³-hybridized carbons (Fsp3) is 0.467. The monoisotopic (exact) mass is 313 g/mol. The summed E-state index contributed by atoms with van der Waals surface area (Å²) in [6.07, 6.45) is 1.05. The van der Waals surface area contributed by atoms with E-state index in [-0.39, 0.29) is 11.3 Å². The number of carboxylic acid groups (broad SMARTS) is 1. The number of hydrogen-bond acceptors (Lipinski definition) is 3. The summed E-state index contributed by atoms with van der Waals surface area (Å²) in [6, 6.07) is 2.07. The first kappa shape index (κ1) is 16.2. The SMILES string of the molecule is Cc1cc(C(=O)N2CCC[C@H]2C(=O)O)cc(C)c1OC(F)F. The predicted molar refractivity (Wildman–Crippen MR) is 74.2 cm³/mol. The van der Waals surface area contributed by atoms with E-state index < -0.39 is 24.5 Å². The number of rotatable bonds is 4. The molecule has 0 aliphatic carbocycles. The molecule has 22 heavy (non-hydrogen) atoms. The number of amides is 1. The molecule has 0 bridgehead atoms. The van der Waals surface area contributed by atoms with Gasteiger partial charge < -0.3 is 14.7 Å². The van der Waals surface area contributed by atoms with Gasteiger partial charge in [0.25, 0.3) is 5.91 Å². The maximum atomic E-state index is 12.5. The zero-order valence-electron chi connectivity index (χ0n) is 12.3. The zero-order valence-corrected chi connectivity index (χ0v) is 12.3. The van der Waals surface area contributed by atoms with Gasteiger partial charge in [0.15, 0.2) is 0 Å². The number of ether oxygens (including phenoxy) is 1. The van der Waals surface area contributed by atoms with E-state index in [4.69, 9.17) is 5.11 Å². The fourth-order valence-electron chi connectivity index (χ4n) is 2.78. The summed E-state index contributed by atoms with van der Waals surface area (Å²) in [7, 11) is 0. The van der Waals surface area contributed by atoms with Crippen LogP contribution < -0.4 is 4.74 Å². The first-order chi connectivity index (χ1) is 10.3. The van der Waals surface area contributed by atoms with Crippen molar-refractivity contribution in [3.63, 3.8) is 0 Å². The molecule has 0 radical (unpaired) electrons. The molecule has 1 aliphatic rings. The minimum atomic E-state index is -2.94. The number of hydrogen-bond donors (Lipinski definition) is 1. The highest BCUT2D eigenvalue weighted by Crippen LogP contribution is 2.28. The predicted octanol–water partition coefficient (Wildman–Crippen LogP) is 2.59. The molecular formula is C15H17F2NO4. The van der Waals surface area contributed by atoms with Gasteiger partial charge in [-0.3, -0.25) is 4.79 Å². The van der Waals surface area contributed by atoms with Crippen molar-refractivity contribution in [2.45, 2.75) is 39.3 Å². The third kappa shape index (κ3) is 3.18. The second-order valence-electron chi connectivity index (χ2n) is 5.31. The summed E-state index contributed by atoms with van der Waals surface area (Å²) in [6.45, 7) is 0.581. The molecule has 1 atom stereocenters. The van der Waals surface area contributed by atoms with E-state index in [2.05, 4.69) is 4.74 Å². The number of alkyl halides is 2. The van der Waals surface area contributed by atoms with E-state index >= 15 is 0 Å². The van der Waals surface area contributed by atoms with Crippen molar-refractivity contribution in [1.82, 2.24) is 4.90 Å². The van der Waals surface area contributed by atoms with Crippen LogP contribution in [0.3, 0.4) is 0 Å². The molecule has 1 amide bonds. The first-order valence-electron chi connectivity index (χ1n) is 6.91. The Morgan fingerprint density at radius 3 is 2.41 bits per heavy atom. The molecule has 0 saturated carbocycles. The molecule has 1 aliphatic heterocycles.